The van der Waals surface area contributed by atoms with E-state index in [1.807, 2.05) is 0 Å². The number of piperidine rings is 1. The van der Waals surface area contributed by atoms with Crippen LogP contribution in [-0.2, 0) is 9.59 Å². The number of aryl methyl sites for hydroxylation is 1. The van der Waals surface area contributed by atoms with E-state index in [-0.39, 0.29) is 17.3 Å². The molecule has 1 aromatic carbocycles. The highest BCUT2D eigenvalue weighted by atomic mass is 19.1. The average Bonchev–Trinajstić information content (AvgIpc) is 2.64. The summed E-state index contributed by atoms with van der Waals surface area (Å²) in [5, 5.41) is 2.61. The first-order valence-corrected chi connectivity index (χ1v) is 9.26. The van der Waals surface area contributed by atoms with E-state index in [0.717, 1.165) is 12.0 Å². The highest BCUT2D eigenvalue weighted by Gasteiger charge is 2.38. The van der Waals surface area contributed by atoms with Gasteiger partial charge in [-0.05, 0) is 54.5 Å². The van der Waals surface area contributed by atoms with Crippen molar-refractivity contribution in [3.05, 3.63) is 53.5 Å². The van der Waals surface area contributed by atoms with Crippen LogP contribution in [0.25, 0.3) is 0 Å². The van der Waals surface area contributed by atoms with E-state index in [0.29, 0.717) is 30.0 Å². The van der Waals surface area contributed by atoms with Gasteiger partial charge < -0.3 is 16.0 Å². The number of hydrogen-bond donors (Lipinski definition) is 2. The minimum Gasteiger partial charge on any atom is -0.383 e. The largest absolute Gasteiger partial charge is 0.383 e. The Morgan fingerprint density at radius 1 is 1.29 bits per heavy atom. The van der Waals surface area contributed by atoms with E-state index >= 15 is 0 Å². The molecule has 3 rings (SSSR count). The Morgan fingerprint density at radius 3 is 2.61 bits per heavy atom. The van der Waals surface area contributed by atoms with Gasteiger partial charge in [0.05, 0.1) is 17.9 Å². The third-order valence-corrected chi connectivity index (χ3v) is 5.16. The molecule has 1 aromatic heterocycles. The van der Waals surface area contributed by atoms with Gasteiger partial charge in [-0.25, -0.2) is 9.37 Å². The predicted octanol–water partition coefficient (Wildman–Crippen LogP) is 3.44. The minimum absolute atomic E-state index is 0.105. The Balaban J connectivity index is 1.82. The SMILES string of the molecule is Cc1cc(NC(=O)C(=O)N2CC(C)(C)CC[C@H]2c2ccc(F)cc2)cnc1N. The van der Waals surface area contributed by atoms with Gasteiger partial charge in [-0.15, -0.1) is 0 Å². The van der Waals surface area contributed by atoms with Crippen molar-refractivity contribution in [2.45, 2.75) is 39.7 Å². The zero-order valence-corrected chi connectivity index (χ0v) is 16.3. The highest BCUT2D eigenvalue weighted by molar-refractivity contribution is 6.39. The monoisotopic (exact) mass is 384 g/mol. The van der Waals surface area contributed by atoms with Crippen molar-refractivity contribution < 1.29 is 14.0 Å². The van der Waals surface area contributed by atoms with E-state index in [9.17, 15) is 14.0 Å². The number of aromatic nitrogens is 1. The lowest BCUT2D eigenvalue weighted by atomic mass is 9.79. The molecule has 0 spiro atoms. The van der Waals surface area contributed by atoms with Gasteiger partial charge in [-0.3, -0.25) is 9.59 Å². The number of anilines is 2. The van der Waals surface area contributed by atoms with E-state index in [2.05, 4.69) is 24.1 Å². The number of rotatable bonds is 2. The first kappa shape index (κ1) is 19.8. The van der Waals surface area contributed by atoms with E-state index in [4.69, 9.17) is 5.73 Å². The van der Waals surface area contributed by atoms with Gasteiger partial charge >= 0.3 is 11.8 Å². The molecule has 7 heteroatoms. The molecule has 2 heterocycles. The van der Waals surface area contributed by atoms with E-state index in [1.54, 1.807) is 30.0 Å². The fourth-order valence-electron chi connectivity index (χ4n) is 3.55. The summed E-state index contributed by atoms with van der Waals surface area (Å²) in [5.74, 6) is -1.30. The number of carbonyl (C=O) groups excluding carboxylic acids is 2. The molecular formula is C21H25FN4O2. The molecular weight excluding hydrogens is 359 g/mol. The van der Waals surface area contributed by atoms with Gasteiger partial charge in [0.15, 0.2) is 0 Å². The van der Waals surface area contributed by atoms with Crippen LogP contribution in [0.2, 0.25) is 0 Å². The average molecular weight is 384 g/mol. The third kappa shape index (κ3) is 4.30. The molecule has 6 nitrogen and oxygen atoms in total. The van der Waals surface area contributed by atoms with Crippen molar-refractivity contribution >= 4 is 23.3 Å². The molecule has 0 bridgehead atoms. The van der Waals surface area contributed by atoms with Gasteiger partial charge in [-0.2, -0.15) is 0 Å². The van der Waals surface area contributed by atoms with Crippen LogP contribution in [0.4, 0.5) is 15.9 Å². The first-order chi connectivity index (χ1) is 13.2. The zero-order valence-electron chi connectivity index (χ0n) is 16.3. The molecule has 2 amide bonds. The van der Waals surface area contributed by atoms with Crippen molar-refractivity contribution in [2.75, 3.05) is 17.6 Å². The van der Waals surface area contributed by atoms with E-state index in [1.165, 1.54) is 18.3 Å². The number of benzene rings is 1. The molecule has 0 radical (unpaired) electrons. The quantitative estimate of drug-likeness (QED) is 0.777. The fraction of sp³-hybridized carbons (Fsp3) is 0.381. The Hall–Kier alpha value is -2.96. The van der Waals surface area contributed by atoms with E-state index < -0.39 is 11.8 Å². The number of likely N-dealkylation sites (tertiary alicyclic amines) is 1. The van der Waals surface area contributed by atoms with Crippen LogP contribution in [0.1, 0.15) is 43.9 Å². The number of halogens is 1. The van der Waals surface area contributed by atoms with Gasteiger partial charge in [0, 0.05) is 6.54 Å². The van der Waals surface area contributed by atoms with Crippen molar-refractivity contribution in [3.8, 4) is 0 Å². The third-order valence-electron chi connectivity index (χ3n) is 5.16. The van der Waals surface area contributed by atoms with Crippen LogP contribution < -0.4 is 11.1 Å². The second-order valence-corrected chi connectivity index (χ2v) is 8.08. The summed E-state index contributed by atoms with van der Waals surface area (Å²) in [4.78, 5) is 31.2. The number of nitrogens with two attached hydrogens (primary N) is 1. The maximum absolute atomic E-state index is 13.3. The predicted molar refractivity (Wildman–Crippen MR) is 106 cm³/mol. The molecule has 2 aromatic rings. The van der Waals surface area contributed by atoms with Gasteiger partial charge in [0.25, 0.3) is 0 Å². The molecule has 28 heavy (non-hydrogen) atoms. The maximum Gasteiger partial charge on any atom is 0.313 e. The molecule has 3 N–H and O–H groups in total. The van der Waals surface area contributed by atoms with Gasteiger partial charge in [0.1, 0.15) is 11.6 Å². The summed E-state index contributed by atoms with van der Waals surface area (Å²) in [6.45, 7) is 6.36. The topological polar surface area (TPSA) is 88.3 Å². The molecule has 1 fully saturated rings. The van der Waals surface area contributed by atoms with Crippen molar-refractivity contribution in [1.29, 1.82) is 0 Å². The zero-order chi connectivity index (χ0) is 20.5. The van der Waals surface area contributed by atoms with Crippen LogP contribution in [0.5, 0.6) is 0 Å². The lowest BCUT2D eigenvalue weighted by molar-refractivity contribution is -0.147. The minimum atomic E-state index is -0.726. The second kappa shape index (κ2) is 7.58. The number of hydrogen-bond acceptors (Lipinski definition) is 4. The van der Waals surface area contributed by atoms with Crippen LogP contribution in [0, 0.1) is 18.2 Å². The number of nitrogens with zero attached hydrogens (tertiary/aromatic N) is 2. The lowest BCUT2D eigenvalue weighted by Gasteiger charge is -2.43. The molecule has 148 valence electrons. The highest BCUT2D eigenvalue weighted by Crippen LogP contribution is 2.39. The molecule has 1 atom stereocenters. The fourth-order valence-corrected chi connectivity index (χ4v) is 3.55. The van der Waals surface area contributed by atoms with Crippen molar-refractivity contribution in [2.24, 2.45) is 5.41 Å². The number of nitrogens with one attached hydrogen (secondary N) is 1. The smallest absolute Gasteiger partial charge is 0.313 e. The number of pyridine rings is 1. The van der Waals surface area contributed by atoms with Crippen molar-refractivity contribution in [3.63, 3.8) is 0 Å². The Bertz CT molecular complexity index is 896. The second-order valence-electron chi connectivity index (χ2n) is 8.08. The Labute approximate surface area is 163 Å². The van der Waals surface area contributed by atoms with Crippen molar-refractivity contribution in [1.82, 2.24) is 9.88 Å². The molecule has 1 aliphatic rings. The van der Waals surface area contributed by atoms with Crippen LogP contribution in [0.15, 0.2) is 36.5 Å². The summed E-state index contributed by atoms with van der Waals surface area (Å²) >= 11 is 0. The summed E-state index contributed by atoms with van der Waals surface area (Å²) in [5.41, 5.74) is 7.54. The normalized spacial score (nSPS) is 18.6. The number of amides is 2. The maximum atomic E-state index is 13.3. The van der Waals surface area contributed by atoms with Crippen LogP contribution >= 0.6 is 0 Å². The standard InChI is InChI=1S/C21H25FN4O2/c1-13-10-16(11-24-18(13)23)25-19(27)20(28)26-12-21(2,3)9-8-17(26)14-4-6-15(22)7-5-14/h4-7,10-11,17H,8-9,12H2,1-3H3,(H2,23,24)(H,25,27)/t17-/m0/s1. The molecule has 1 aliphatic heterocycles. The summed E-state index contributed by atoms with van der Waals surface area (Å²) in [6.07, 6.45) is 3.03. The number of nitrogen functional groups attached to an aromatic ring is 1. The summed E-state index contributed by atoms with van der Waals surface area (Å²) < 4.78 is 13.3. The molecule has 0 unspecified atom stereocenters. The summed E-state index contributed by atoms with van der Waals surface area (Å²) in [6, 6.07) is 7.50. The Morgan fingerprint density at radius 2 is 1.96 bits per heavy atom. The first-order valence-electron chi connectivity index (χ1n) is 9.26. The molecule has 1 saturated heterocycles. The number of carbonyl (C=O) groups is 2. The Kier molecular flexibility index (Phi) is 5.36. The summed E-state index contributed by atoms with van der Waals surface area (Å²) in [7, 11) is 0. The van der Waals surface area contributed by atoms with Gasteiger partial charge in [-0.1, -0.05) is 26.0 Å². The van der Waals surface area contributed by atoms with Crippen LogP contribution in [0.3, 0.4) is 0 Å². The van der Waals surface area contributed by atoms with Crippen LogP contribution in [-0.4, -0.2) is 28.2 Å². The molecule has 0 aliphatic carbocycles. The lowest BCUT2D eigenvalue weighted by Crippen LogP contribution is -2.49. The molecule has 0 saturated carbocycles. The van der Waals surface area contributed by atoms with Gasteiger partial charge in [0.2, 0.25) is 0 Å².